The summed E-state index contributed by atoms with van der Waals surface area (Å²) in [4.78, 5) is 0. The van der Waals surface area contributed by atoms with Gasteiger partial charge in [-0.05, 0) is 35.0 Å². The molecule has 0 aliphatic heterocycles. The Morgan fingerprint density at radius 1 is 1.40 bits per heavy atom. The Balaban J connectivity index is 2.54. The molecule has 0 unspecified atom stereocenters. The van der Waals surface area contributed by atoms with E-state index in [-0.39, 0.29) is 5.82 Å². The molecule has 0 fully saturated rings. The molecule has 0 atom stereocenters. The van der Waals surface area contributed by atoms with E-state index in [0.717, 1.165) is 22.8 Å². The summed E-state index contributed by atoms with van der Waals surface area (Å²) in [5.74, 6) is -0.185. The van der Waals surface area contributed by atoms with Gasteiger partial charge in [-0.2, -0.15) is 0 Å². The van der Waals surface area contributed by atoms with Crippen LogP contribution in [0, 0.1) is 5.82 Å². The molecule has 0 aliphatic carbocycles. The largest absolute Gasteiger partial charge is 0.344 e. The number of hydrogen-bond donors (Lipinski definition) is 1. The van der Waals surface area contributed by atoms with Crippen LogP contribution >= 0.6 is 15.9 Å². The van der Waals surface area contributed by atoms with E-state index in [4.69, 9.17) is 5.73 Å². The van der Waals surface area contributed by atoms with Crippen LogP contribution in [0.25, 0.3) is 10.9 Å². The first-order valence-corrected chi connectivity index (χ1v) is 5.66. The lowest BCUT2D eigenvalue weighted by atomic mass is 10.2. The van der Waals surface area contributed by atoms with Gasteiger partial charge < -0.3 is 10.3 Å². The molecule has 2 N–H and O–H groups in total. The second-order valence-corrected chi connectivity index (χ2v) is 4.30. The van der Waals surface area contributed by atoms with Crippen LogP contribution in [0.15, 0.2) is 28.9 Å². The Morgan fingerprint density at radius 2 is 2.20 bits per heavy atom. The highest BCUT2D eigenvalue weighted by atomic mass is 79.9. The predicted molar refractivity (Wildman–Crippen MR) is 63.3 cm³/mol. The lowest BCUT2D eigenvalue weighted by Gasteiger charge is -2.04. The fourth-order valence-electron chi connectivity index (χ4n) is 1.71. The van der Waals surface area contributed by atoms with Gasteiger partial charge in [-0.3, -0.25) is 0 Å². The number of aromatic nitrogens is 1. The van der Waals surface area contributed by atoms with E-state index < -0.39 is 0 Å². The summed E-state index contributed by atoms with van der Waals surface area (Å²) in [6, 6.07) is 5.10. The molecule has 1 aromatic carbocycles. The standard InChI is InChI=1S/C11H12BrFN2/c12-9-7-15(6-2-5-14)11-8(9)3-1-4-10(11)13/h1,3-4,7H,2,5-6,14H2. The van der Waals surface area contributed by atoms with Crippen molar-refractivity contribution in [1.29, 1.82) is 0 Å². The molecule has 0 spiro atoms. The first kappa shape index (κ1) is 10.6. The van der Waals surface area contributed by atoms with Crippen LogP contribution in [-0.2, 0) is 6.54 Å². The van der Waals surface area contributed by atoms with Crippen molar-refractivity contribution >= 4 is 26.8 Å². The number of para-hydroxylation sites is 1. The molecule has 15 heavy (non-hydrogen) atoms. The maximum absolute atomic E-state index is 13.6. The van der Waals surface area contributed by atoms with Crippen molar-refractivity contribution in [2.45, 2.75) is 13.0 Å². The third kappa shape index (κ3) is 1.92. The molecule has 1 heterocycles. The Labute approximate surface area is 96.0 Å². The van der Waals surface area contributed by atoms with Gasteiger partial charge in [0.2, 0.25) is 0 Å². The van der Waals surface area contributed by atoms with E-state index in [1.54, 1.807) is 6.07 Å². The Morgan fingerprint density at radius 3 is 2.93 bits per heavy atom. The van der Waals surface area contributed by atoms with Gasteiger partial charge in [0.05, 0.1) is 5.52 Å². The molecule has 0 bridgehead atoms. The minimum absolute atomic E-state index is 0.185. The van der Waals surface area contributed by atoms with Gasteiger partial charge in [0, 0.05) is 22.6 Å². The number of hydrogen-bond acceptors (Lipinski definition) is 1. The summed E-state index contributed by atoms with van der Waals surface area (Å²) < 4.78 is 16.4. The fraction of sp³-hybridized carbons (Fsp3) is 0.273. The van der Waals surface area contributed by atoms with Gasteiger partial charge in [0.25, 0.3) is 0 Å². The Kier molecular flexibility index (Phi) is 3.07. The van der Waals surface area contributed by atoms with Crippen molar-refractivity contribution in [3.63, 3.8) is 0 Å². The summed E-state index contributed by atoms with van der Waals surface area (Å²) in [5, 5.41) is 0.909. The highest BCUT2D eigenvalue weighted by Gasteiger charge is 2.09. The molecule has 80 valence electrons. The molecular formula is C11H12BrFN2. The summed E-state index contributed by atoms with van der Waals surface area (Å²) in [5.41, 5.74) is 6.10. The van der Waals surface area contributed by atoms with Gasteiger partial charge in [0.15, 0.2) is 0 Å². The van der Waals surface area contributed by atoms with E-state index in [2.05, 4.69) is 15.9 Å². The zero-order valence-electron chi connectivity index (χ0n) is 8.21. The molecule has 4 heteroatoms. The second kappa shape index (κ2) is 4.33. The average molecular weight is 271 g/mol. The summed E-state index contributed by atoms with van der Waals surface area (Å²) in [7, 11) is 0. The lowest BCUT2D eigenvalue weighted by Crippen LogP contribution is -2.05. The quantitative estimate of drug-likeness (QED) is 0.914. The van der Waals surface area contributed by atoms with Crippen molar-refractivity contribution in [3.05, 3.63) is 34.7 Å². The van der Waals surface area contributed by atoms with Crippen LogP contribution < -0.4 is 5.73 Å². The molecule has 2 rings (SSSR count). The number of rotatable bonds is 3. The first-order valence-electron chi connectivity index (χ1n) is 4.87. The molecule has 0 radical (unpaired) electrons. The van der Waals surface area contributed by atoms with Gasteiger partial charge >= 0.3 is 0 Å². The van der Waals surface area contributed by atoms with Gasteiger partial charge in [-0.15, -0.1) is 0 Å². The SMILES string of the molecule is NCCCn1cc(Br)c2cccc(F)c21. The molecule has 0 saturated heterocycles. The lowest BCUT2D eigenvalue weighted by molar-refractivity contribution is 0.612. The van der Waals surface area contributed by atoms with Crippen molar-refractivity contribution < 1.29 is 4.39 Å². The number of nitrogens with two attached hydrogens (primary N) is 1. The number of benzene rings is 1. The fourth-order valence-corrected chi connectivity index (χ4v) is 2.28. The van der Waals surface area contributed by atoms with Gasteiger partial charge in [-0.1, -0.05) is 12.1 Å². The number of nitrogens with zero attached hydrogens (tertiary/aromatic N) is 1. The third-order valence-electron chi connectivity index (χ3n) is 2.40. The van der Waals surface area contributed by atoms with Crippen LogP contribution in [0.1, 0.15) is 6.42 Å². The zero-order valence-corrected chi connectivity index (χ0v) is 9.80. The van der Waals surface area contributed by atoms with Crippen LogP contribution in [-0.4, -0.2) is 11.1 Å². The minimum atomic E-state index is -0.185. The number of aryl methyl sites for hydroxylation is 1. The van der Waals surface area contributed by atoms with E-state index >= 15 is 0 Å². The molecule has 0 saturated carbocycles. The topological polar surface area (TPSA) is 30.9 Å². The molecular weight excluding hydrogens is 259 g/mol. The van der Waals surface area contributed by atoms with E-state index in [9.17, 15) is 4.39 Å². The van der Waals surface area contributed by atoms with Gasteiger partial charge in [0.1, 0.15) is 5.82 Å². The number of fused-ring (bicyclic) bond motifs is 1. The Bertz CT molecular complexity index is 479. The van der Waals surface area contributed by atoms with Crippen molar-refractivity contribution in [2.75, 3.05) is 6.54 Å². The molecule has 0 amide bonds. The third-order valence-corrected chi connectivity index (χ3v) is 3.04. The summed E-state index contributed by atoms with van der Waals surface area (Å²) in [6.45, 7) is 1.37. The highest BCUT2D eigenvalue weighted by molar-refractivity contribution is 9.10. The van der Waals surface area contributed by atoms with Crippen molar-refractivity contribution in [3.8, 4) is 0 Å². The van der Waals surface area contributed by atoms with Gasteiger partial charge in [-0.25, -0.2) is 4.39 Å². The normalized spacial score (nSPS) is 11.1. The summed E-state index contributed by atoms with van der Waals surface area (Å²) in [6.07, 6.45) is 2.76. The van der Waals surface area contributed by atoms with E-state index in [1.165, 1.54) is 6.07 Å². The second-order valence-electron chi connectivity index (χ2n) is 3.45. The predicted octanol–water partition coefficient (Wildman–Crippen LogP) is 2.89. The average Bonchev–Trinajstić information content (AvgIpc) is 2.55. The Hall–Kier alpha value is -0.870. The van der Waals surface area contributed by atoms with Crippen molar-refractivity contribution in [1.82, 2.24) is 4.57 Å². The first-order chi connectivity index (χ1) is 7.24. The molecule has 1 aromatic heterocycles. The van der Waals surface area contributed by atoms with Crippen molar-refractivity contribution in [2.24, 2.45) is 5.73 Å². The molecule has 2 nitrogen and oxygen atoms in total. The van der Waals surface area contributed by atoms with E-state index in [0.29, 0.717) is 12.1 Å². The minimum Gasteiger partial charge on any atom is -0.344 e. The zero-order chi connectivity index (χ0) is 10.8. The van der Waals surface area contributed by atoms with Crippen LogP contribution in [0.3, 0.4) is 0 Å². The smallest absolute Gasteiger partial charge is 0.147 e. The van der Waals surface area contributed by atoms with Crippen LogP contribution in [0.2, 0.25) is 0 Å². The highest BCUT2D eigenvalue weighted by Crippen LogP contribution is 2.28. The molecule has 0 aliphatic rings. The van der Waals surface area contributed by atoms with E-state index in [1.807, 2.05) is 16.8 Å². The maximum Gasteiger partial charge on any atom is 0.147 e. The van der Waals surface area contributed by atoms with Crippen LogP contribution in [0.5, 0.6) is 0 Å². The maximum atomic E-state index is 13.6. The number of halogens is 2. The van der Waals surface area contributed by atoms with Crippen LogP contribution in [0.4, 0.5) is 4.39 Å². The molecule has 2 aromatic rings. The monoisotopic (exact) mass is 270 g/mol. The summed E-state index contributed by atoms with van der Waals surface area (Å²) >= 11 is 3.43.